The lowest BCUT2D eigenvalue weighted by Crippen LogP contribution is -2.54. The summed E-state index contributed by atoms with van der Waals surface area (Å²) in [6, 6.07) is 2.44. The van der Waals surface area contributed by atoms with E-state index < -0.39 is 0 Å². The van der Waals surface area contributed by atoms with Gasteiger partial charge in [0.1, 0.15) is 0 Å². The third-order valence-corrected chi connectivity index (χ3v) is 3.17. The first-order chi connectivity index (χ1) is 6.77. The van der Waals surface area contributed by atoms with Crippen LogP contribution in [0.25, 0.3) is 0 Å². The van der Waals surface area contributed by atoms with E-state index in [1.54, 1.807) is 4.90 Å². The fourth-order valence-electron chi connectivity index (χ4n) is 2.09. The van der Waals surface area contributed by atoms with Gasteiger partial charge < -0.3 is 9.64 Å². The van der Waals surface area contributed by atoms with Crippen molar-refractivity contribution in [2.24, 2.45) is 11.8 Å². The van der Waals surface area contributed by atoms with Gasteiger partial charge in [-0.25, -0.2) is 4.79 Å². The Balaban J connectivity index is 1.97. The van der Waals surface area contributed by atoms with Gasteiger partial charge in [0.05, 0.1) is 25.1 Å². The van der Waals surface area contributed by atoms with Crippen molar-refractivity contribution in [1.82, 2.24) is 4.90 Å². The molecule has 0 bridgehead atoms. The van der Waals surface area contributed by atoms with Crippen LogP contribution in [0.1, 0.15) is 19.3 Å². The molecule has 4 heteroatoms. The molecule has 4 nitrogen and oxygen atoms in total. The van der Waals surface area contributed by atoms with Gasteiger partial charge in [-0.3, -0.25) is 0 Å². The standard InChI is InChI=1S/C10H14N2O2/c1-14-10(13)12-5-4-9(12)8(6-11)7-2-3-7/h7-9H,2-5H2,1H3. The minimum atomic E-state index is -0.290. The molecule has 0 spiro atoms. The van der Waals surface area contributed by atoms with Crippen LogP contribution in [0.15, 0.2) is 0 Å². The van der Waals surface area contributed by atoms with E-state index in [2.05, 4.69) is 10.8 Å². The molecule has 0 aromatic carbocycles. The highest BCUT2D eigenvalue weighted by Gasteiger charge is 2.45. The van der Waals surface area contributed by atoms with E-state index in [0.29, 0.717) is 5.92 Å². The van der Waals surface area contributed by atoms with Crippen LogP contribution in [0.3, 0.4) is 0 Å². The summed E-state index contributed by atoms with van der Waals surface area (Å²) < 4.78 is 4.66. The second-order valence-electron chi connectivity index (χ2n) is 4.01. The number of ether oxygens (including phenoxy) is 1. The highest BCUT2D eigenvalue weighted by atomic mass is 16.5. The normalized spacial score (nSPS) is 27.4. The lowest BCUT2D eigenvalue weighted by atomic mass is 9.87. The average Bonchev–Trinajstić information content (AvgIpc) is 2.94. The van der Waals surface area contributed by atoms with Crippen LogP contribution < -0.4 is 0 Å². The number of methoxy groups -OCH3 is 1. The SMILES string of the molecule is COC(=O)N1CCC1C(C#N)C1CC1. The van der Waals surface area contributed by atoms with E-state index in [9.17, 15) is 4.79 Å². The molecule has 0 aromatic heterocycles. The van der Waals surface area contributed by atoms with Crippen molar-refractivity contribution in [3.63, 3.8) is 0 Å². The second-order valence-corrected chi connectivity index (χ2v) is 4.01. The van der Waals surface area contributed by atoms with E-state index in [4.69, 9.17) is 5.26 Å². The maximum Gasteiger partial charge on any atom is 0.409 e. The molecule has 2 rings (SSSR count). The molecule has 1 aliphatic heterocycles. The zero-order valence-electron chi connectivity index (χ0n) is 8.27. The molecule has 1 saturated heterocycles. The quantitative estimate of drug-likeness (QED) is 0.667. The van der Waals surface area contributed by atoms with Gasteiger partial charge in [-0.2, -0.15) is 5.26 Å². The predicted octanol–water partition coefficient (Wildman–Crippen LogP) is 1.38. The molecular weight excluding hydrogens is 180 g/mol. The smallest absolute Gasteiger partial charge is 0.409 e. The van der Waals surface area contributed by atoms with Gasteiger partial charge in [0, 0.05) is 6.54 Å². The Morgan fingerprint density at radius 2 is 2.29 bits per heavy atom. The number of nitrogens with zero attached hydrogens (tertiary/aromatic N) is 2. The van der Waals surface area contributed by atoms with Crippen molar-refractivity contribution in [3.05, 3.63) is 0 Å². The Kier molecular flexibility index (Phi) is 2.32. The van der Waals surface area contributed by atoms with Gasteiger partial charge in [0.2, 0.25) is 0 Å². The summed E-state index contributed by atoms with van der Waals surface area (Å²) in [4.78, 5) is 12.9. The fourth-order valence-corrected chi connectivity index (χ4v) is 2.09. The molecule has 0 N–H and O–H groups in total. The van der Waals surface area contributed by atoms with E-state index >= 15 is 0 Å². The van der Waals surface area contributed by atoms with Crippen molar-refractivity contribution in [3.8, 4) is 6.07 Å². The monoisotopic (exact) mass is 194 g/mol. The summed E-state index contributed by atoms with van der Waals surface area (Å²) in [5, 5.41) is 9.02. The number of hydrogen-bond acceptors (Lipinski definition) is 3. The van der Waals surface area contributed by atoms with Crippen molar-refractivity contribution in [2.75, 3.05) is 13.7 Å². The van der Waals surface area contributed by atoms with Gasteiger partial charge in [-0.1, -0.05) is 0 Å². The summed E-state index contributed by atoms with van der Waals surface area (Å²) in [6.45, 7) is 0.738. The van der Waals surface area contributed by atoms with Crippen molar-refractivity contribution >= 4 is 6.09 Å². The van der Waals surface area contributed by atoms with Crippen LogP contribution >= 0.6 is 0 Å². The Labute approximate surface area is 83.4 Å². The first kappa shape index (κ1) is 9.32. The van der Waals surface area contributed by atoms with Gasteiger partial charge in [0.25, 0.3) is 0 Å². The van der Waals surface area contributed by atoms with Gasteiger partial charge in [-0.05, 0) is 25.2 Å². The Bertz CT molecular complexity index is 280. The highest BCUT2D eigenvalue weighted by molar-refractivity contribution is 5.69. The zero-order chi connectivity index (χ0) is 10.1. The number of rotatable bonds is 2. The molecule has 1 saturated carbocycles. The second kappa shape index (κ2) is 3.49. The molecule has 2 unspecified atom stereocenters. The van der Waals surface area contributed by atoms with Crippen molar-refractivity contribution in [1.29, 1.82) is 5.26 Å². The number of carbonyl (C=O) groups excluding carboxylic acids is 1. The molecule has 14 heavy (non-hydrogen) atoms. The van der Waals surface area contributed by atoms with Crippen LogP contribution in [0.4, 0.5) is 4.79 Å². The van der Waals surface area contributed by atoms with Gasteiger partial charge in [-0.15, -0.1) is 0 Å². The largest absolute Gasteiger partial charge is 0.453 e. The van der Waals surface area contributed by atoms with E-state index in [1.165, 1.54) is 7.11 Å². The zero-order valence-corrected chi connectivity index (χ0v) is 8.27. The lowest BCUT2D eigenvalue weighted by molar-refractivity contribution is 0.0418. The number of carbonyl (C=O) groups is 1. The van der Waals surface area contributed by atoms with Crippen molar-refractivity contribution in [2.45, 2.75) is 25.3 Å². The molecule has 0 radical (unpaired) electrons. The van der Waals surface area contributed by atoms with E-state index in [-0.39, 0.29) is 18.1 Å². The minimum Gasteiger partial charge on any atom is -0.453 e. The number of nitriles is 1. The first-order valence-electron chi connectivity index (χ1n) is 5.02. The topological polar surface area (TPSA) is 53.3 Å². The fraction of sp³-hybridized carbons (Fsp3) is 0.800. The summed E-state index contributed by atoms with van der Waals surface area (Å²) in [6.07, 6.45) is 2.94. The minimum absolute atomic E-state index is 0.0304. The third kappa shape index (κ3) is 1.43. The Hall–Kier alpha value is -1.24. The molecular formula is C10H14N2O2. The molecule has 2 aliphatic rings. The number of amides is 1. The van der Waals surface area contributed by atoms with Crippen LogP contribution in [0.2, 0.25) is 0 Å². The first-order valence-corrected chi connectivity index (χ1v) is 5.02. The maximum atomic E-state index is 11.3. The van der Waals surface area contributed by atoms with E-state index in [1.807, 2.05) is 0 Å². The van der Waals surface area contributed by atoms with Crippen LogP contribution in [-0.4, -0.2) is 30.7 Å². The molecule has 1 amide bonds. The summed E-state index contributed by atoms with van der Waals surface area (Å²) in [7, 11) is 1.39. The molecule has 2 fully saturated rings. The Morgan fingerprint density at radius 3 is 2.64 bits per heavy atom. The summed E-state index contributed by atoms with van der Waals surface area (Å²) in [5.41, 5.74) is 0. The number of likely N-dealkylation sites (tertiary alicyclic amines) is 1. The van der Waals surface area contributed by atoms with Gasteiger partial charge in [0.15, 0.2) is 0 Å². The van der Waals surface area contributed by atoms with Crippen LogP contribution in [0, 0.1) is 23.2 Å². The average molecular weight is 194 g/mol. The van der Waals surface area contributed by atoms with Crippen LogP contribution in [0.5, 0.6) is 0 Å². The lowest BCUT2D eigenvalue weighted by Gasteiger charge is -2.42. The van der Waals surface area contributed by atoms with Crippen LogP contribution in [-0.2, 0) is 4.74 Å². The third-order valence-electron chi connectivity index (χ3n) is 3.17. The summed E-state index contributed by atoms with van der Waals surface area (Å²) >= 11 is 0. The molecule has 1 heterocycles. The summed E-state index contributed by atoms with van der Waals surface area (Å²) in [5.74, 6) is 0.556. The molecule has 1 aliphatic carbocycles. The predicted molar refractivity (Wildman–Crippen MR) is 49.3 cm³/mol. The molecule has 0 aromatic rings. The van der Waals surface area contributed by atoms with Gasteiger partial charge >= 0.3 is 6.09 Å². The number of hydrogen-bond donors (Lipinski definition) is 0. The highest BCUT2D eigenvalue weighted by Crippen LogP contribution is 2.42. The van der Waals surface area contributed by atoms with E-state index in [0.717, 1.165) is 25.8 Å². The molecule has 2 atom stereocenters. The molecule has 76 valence electrons. The maximum absolute atomic E-state index is 11.3. The Morgan fingerprint density at radius 1 is 1.57 bits per heavy atom. The van der Waals surface area contributed by atoms with Crippen molar-refractivity contribution < 1.29 is 9.53 Å².